The predicted octanol–water partition coefficient (Wildman–Crippen LogP) is 12.9. The minimum atomic E-state index is 0.481. The molecule has 5 heteroatoms. The first-order chi connectivity index (χ1) is 27.3. The molecule has 0 fully saturated rings. The smallest absolute Gasteiger partial charge is 0.258 e. The molecule has 0 N–H and O–H groups in total. The zero-order valence-corrected chi connectivity index (χ0v) is 29.7. The van der Waals surface area contributed by atoms with E-state index in [0.717, 1.165) is 44.8 Å². The lowest BCUT2D eigenvalue weighted by Gasteiger charge is -2.11. The average molecular weight is 705 g/mol. The highest BCUT2D eigenvalue weighted by Gasteiger charge is 2.16. The summed E-state index contributed by atoms with van der Waals surface area (Å²) in [5, 5.41) is 9.43. The number of hydrogen-bond acceptors (Lipinski definition) is 3. The second-order valence-electron chi connectivity index (χ2n) is 13.9. The van der Waals surface area contributed by atoms with E-state index >= 15 is 0 Å². The van der Waals surface area contributed by atoms with Crippen LogP contribution in [0.25, 0.3) is 100 Å². The van der Waals surface area contributed by atoms with E-state index in [-0.39, 0.29) is 0 Å². The van der Waals surface area contributed by atoms with Gasteiger partial charge in [0.1, 0.15) is 0 Å². The van der Waals surface area contributed by atoms with Crippen molar-refractivity contribution >= 4 is 43.6 Å². The number of aromatic nitrogens is 4. The zero-order valence-electron chi connectivity index (χ0n) is 29.7. The van der Waals surface area contributed by atoms with Crippen LogP contribution in [-0.2, 0) is 0 Å². The summed E-state index contributed by atoms with van der Waals surface area (Å²) < 4.78 is 10.6. The van der Waals surface area contributed by atoms with Gasteiger partial charge in [-0.05, 0) is 89.0 Å². The van der Waals surface area contributed by atoms with Gasteiger partial charge in [0.15, 0.2) is 0 Å². The van der Waals surface area contributed by atoms with Gasteiger partial charge in [0.25, 0.3) is 5.89 Å². The van der Waals surface area contributed by atoms with Crippen LogP contribution >= 0.6 is 0 Å². The maximum absolute atomic E-state index is 5.90. The molecule has 5 nitrogen and oxygen atoms in total. The third kappa shape index (κ3) is 5.17. The Morgan fingerprint density at radius 2 is 0.691 bits per heavy atom. The fourth-order valence-corrected chi connectivity index (χ4v) is 8.18. The molecule has 0 radical (unpaired) electrons. The van der Waals surface area contributed by atoms with Crippen molar-refractivity contribution in [3.63, 3.8) is 0 Å². The predicted molar refractivity (Wildman–Crippen MR) is 225 cm³/mol. The fourth-order valence-electron chi connectivity index (χ4n) is 8.18. The first-order valence-electron chi connectivity index (χ1n) is 18.5. The topological polar surface area (TPSA) is 48.8 Å². The summed E-state index contributed by atoms with van der Waals surface area (Å²) in [7, 11) is 0. The molecule has 0 unspecified atom stereocenters. The van der Waals surface area contributed by atoms with E-state index in [2.05, 4.69) is 190 Å². The molecule has 11 rings (SSSR count). The monoisotopic (exact) mass is 704 g/mol. The van der Waals surface area contributed by atoms with Crippen LogP contribution < -0.4 is 0 Å². The first kappa shape index (κ1) is 31.1. The minimum absolute atomic E-state index is 0.481. The fraction of sp³-hybridized carbons (Fsp3) is 0. The number of para-hydroxylation sites is 4. The zero-order chi connectivity index (χ0) is 36.3. The van der Waals surface area contributed by atoms with Crippen LogP contribution in [-0.4, -0.2) is 19.3 Å². The number of nitrogens with zero attached hydrogens (tertiary/aromatic N) is 4. The Hall–Kier alpha value is -7.50. The third-order valence-corrected chi connectivity index (χ3v) is 10.7. The van der Waals surface area contributed by atoms with E-state index in [0.29, 0.717) is 11.7 Å². The molecule has 0 saturated heterocycles. The summed E-state index contributed by atoms with van der Waals surface area (Å²) in [5.41, 5.74) is 13.1. The Morgan fingerprint density at radius 3 is 1.16 bits per heavy atom. The summed E-state index contributed by atoms with van der Waals surface area (Å²) >= 11 is 0. The molecule has 0 aliphatic carbocycles. The molecule has 0 saturated carbocycles. The number of fused-ring (bicyclic) bond motifs is 6. The lowest BCUT2D eigenvalue weighted by molar-refractivity contribution is 0.432. The quantitative estimate of drug-likeness (QED) is 0.173. The molecule has 0 aliphatic rings. The maximum Gasteiger partial charge on any atom is 0.258 e. The van der Waals surface area contributed by atoms with Crippen molar-refractivity contribution in [3.8, 4) is 56.5 Å². The molecule has 0 bridgehead atoms. The Bertz CT molecular complexity index is 2910. The van der Waals surface area contributed by atoms with E-state index in [1.165, 1.54) is 43.6 Å². The average Bonchev–Trinajstić information content (AvgIpc) is 3.98. The second-order valence-corrected chi connectivity index (χ2v) is 13.9. The van der Waals surface area contributed by atoms with Gasteiger partial charge in [0.05, 0.1) is 22.1 Å². The Labute approximate surface area is 317 Å². The standard InChI is InChI=1S/C50H32N4O/c1-5-25-45-41(21-1)42-22-2-6-26-46(42)53(45)39-19-11-15-35(31-39)33-13-9-17-37(29-33)49-51-50(55-52-49)38-18-10-14-34(30-38)36-16-12-20-40(32-36)54-47-27-7-3-23-43(47)44-24-4-8-28-48(44)54/h1-32H. The lowest BCUT2D eigenvalue weighted by atomic mass is 10.0. The van der Waals surface area contributed by atoms with Crippen LogP contribution in [0.15, 0.2) is 199 Å². The molecule has 258 valence electrons. The van der Waals surface area contributed by atoms with Gasteiger partial charge in [-0.2, -0.15) is 4.98 Å². The van der Waals surface area contributed by atoms with Crippen LogP contribution in [0, 0.1) is 0 Å². The third-order valence-electron chi connectivity index (χ3n) is 10.7. The molecule has 0 spiro atoms. The molecule has 0 atom stereocenters. The number of rotatable bonds is 6. The van der Waals surface area contributed by atoms with Gasteiger partial charge >= 0.3 is 0 Å². The minimum Gasteiger partial charge on any atom is -0.334 e. The molecule has 8 aromatic carbocycles. The maximum atomic E-state index is 5.90. The lowest BCUT2D eigenvalue weighted by Crippen LogP contribution is -1.94. The van der Waals surface area contributed by atoms with Gasteiger partial charge in [0, 0.05) is 44.0 Å². The largest absolute Gasteiger partial charge is 0.334 e. The van der Waals surface area contributed by atoms with Crippen molar-refractivity contribution in [1.29, 1.82) is 0 Å². The molecular formula is C50H32N4O. The van der Waals surface area contributed by atoms with E-state index in [9.17, 15) is 0 Å². The normalized spacial score (nSPS) is 11.6. The summed E-state index contributed by atoms with van der Waals surface area (Å²) in [4.78, 5) is 4.89. The highest BCUT2D eigenvalue weighted by molar-refractivity contribution is 6.10. The van der Waals surface area contributed by atoms with Gasteiger partial charge < -0.3 is 13.7 Å². The van der Waals surface area contributed by atoms with Gasteiger partial charge in [-0.25, -0.2) is 0 Å². The van der Waals surface area contributed by atoms with E-state index < -0.39 is 0 Å². The molecular weight excluding hydrogens is 673 g/mol. The van der Waals surface area contributed by atoms with Gasteiger partial charge in [-0.1, -0.05) is 133 Å². The molecule has 3 aromatic heterocycles. The second kappa shape index (κ2) is 12.6. The first-order valence-corrected chi connectivity index (χ1v) is 18.5. The molecule has 3 heterocycles. The number of hydrogen-bond donors (Lipinski definition) is 0. The Morgan fingerprint density at radius 1 is 0.327 bits per heavy atom. The van der Waals surface area contributed by atoms with Crippen LogP contribution in [0.1, 0.15) is 0 Å². The molecule has 0 aliphatic heterocycles. The van der Waals surface area contributed by atoms with Crippen molar-refractivity contribution in [3.05, 3.63) is 194 Å². The Kier molecular flexibility index (Phi) is 7.10. The van der Waals surface area contributed by atoms with Crippen LogP contribution in [0.4, 0.5) is 0 Å². The van der Waals surface area contributed by atoms with Gasteiger partial charge in [-0.15, -0.1) is 0 Å². The summed E-state index contributed by atoms with van der Waals surface area (Å²) in [6, 6.07) is 68.4. The summed E-state index contributed by atoms with van der Waals surface area (Å²) in [6.45, 7) is 0. The molecule has 0 amide bonds. The van der Waals surface area contributed by atoms with Crippen molar-refractivity contribution in [2.45, 2.75) is 0 Å². The molecule has 55 heavy (non-hydrogen) atoms. The van der Waals surface area contributed by atoms with E-state index in [1.54, 1.807) is 0 Å². The van der Waals surface area contributed by atoms with Crippen LogP contribution in [0.5, 0.6) is 0 Å². The summed E-state index contributed by atoms with van der Waals surface area (Å²) in [6.07, 6.45) is 0. The van der Waals surface area contributed by atoms with E-state index in [1.807, 2.05) is 18.2 Å². The van der Waals surface area contributed by atoms with Crippen LogP contribution in [0.2, 0.25) is 0 Å². The SMILES string of the molecule is c1cc(-c2cccc(-n3c4ccccc4c4ccccc43)c2)cc(-c2noc(-c3cccc(-c4cccc(-n5c6ccccc6c6ccccc65)c4)c3)n2)c1. The Balaban J connectivity index is 0.914. The van der Waals surface area contributed by atoms with Crippen LogP contribution in [0.3, 0.4) is 0 Å². The van der Waals surface area contributed by atoms with Crippen molar-refractivity contribution in [2.24, 2.45) is 0 Å². The van der Waals surface area contributed by atoms with Gasteiger partial charge in [0.2, 0.25) is 5.82 Å². The van der Waals surface area contributed by atoms with Crippen molar-refractivity contribution in [1.82, 2.24) is 19.3 Å². The van der Waals surface area contributed by atoms with Crippen molar-refractivity contribution < 1.29 is 4.52 Å². The highest BCUT2D eigenvalue weighted by Crippen LogP contribution is 2.36. The highest BCUT2D eigenvalue weighted by atomic mass is 16.5. The number of benzene rings is 8. The van der Waals surface area contributed by atoms with Crippen molar-refractivity contribution in [2.75, 3.05) is 0 Å². The molecule has 11 aromatic rings. The van der Waals surface area contributed by atoms with Gasteiger partial charge in [-0.3, -0.25) is 0 Å². The van der Waals surface area contributed by atoms with E-state index in [4.69, 9.17) is 9.51 Å². The summed E-state index contributed by atoms with van der Waals surface area (Å²) in [5.74, 6) is 1.03.